The van der Waals surface area contributed by atoms with Gasteiger partial charge in [0.25, 0.3) is 0 Å². The Balaban J connectivity index is 0. The van der Waals surface area contributed by atoms with Crippen molar-refractivity contribution in [3.63, 3.8) is 0 Å². The molecule has 132 valence electrons. The molecule has 0 unspecified atom stereocenters. The number of carboxylic acids is 1. The zero-order valence-electron chi connectivity index (χ0n) is 14.5. The smallest absolute Gasteiger partial charge is 0.303 e. The van der Waals surface area contributed by atoms with Gasteiger partial charge in [0.1, 0.15) is 0 Å². The number of carbonyl (C=O) groups excluding carboxylic acids is 1. The maximum atomic E-state index is 11.3. The molecule has 4 N–H and O–H groups in total. The first-order chi connectivity index (χ1) is 10.7. The number of hydrogen-bond acceptors (Lipinski definition) is 3. The van der Waals surface area contributed by atoms with Crippen LogP contribution in [0.25, 0.3) is 0 Å². The molecule has 0 saturated heterocycles. The van der Waals surface area contributed by atoms with Crippen LogP contribution in [0.1, 0.15) is 84.5 Å². The lowest BCUT2D eigenvalue weighted by molar-refractivity contribution is -0.137. The average molecular weight is 316 g/mol. The molecule has 0 atom stereocenters. The molecule has 5 nitrogen and oxygen atoms in total. The molecule has 0 aromatic rings. The van der Waals surface area contributed by atoms with E-state index in [0.29, 0.717) is 19.4 Å². The zero-order chi connectivity index (χ0) is 17.1. The van der Waals surface area contributed by atoms with Gasteiger partial charge < -0.3 is 16.2 Å². The highest BCUT2D eigenvalue weighted by Crippen LogP contribution is 2.09. The van der Waals surface area contributed by atoms with Crippen LogP contribution in [0.4, 0.5) is 0 Å². The Morgan fingerprint density at radius 1 is 0.818 bits per heavy atom. The number of hydrogen-bond donors (Lipinski definition) is 3. The molecule has 0 fully saturated rings. The Morgan fingerprint density at radius 2 is 1.32 bits per heavy atom. The largest absolute Gasteiger partial charge is 0.481 e. The highest BCUT2D eigenvalue weighted by atomic mass is 16.4. The molecule has 0 aliphatic heterocycles. The number of nitrogens with one attached hydrogen (secondary N) is 1. The van der Waals surface area contributed by atoms with Gasteiger partial charge in [-0.05, 0) is 25.8 Å². The standard InChI is InChI=1S/C15H30N2O3.C2H6/c16-12-9-10-14(18)17-13-8-6-4-2-1-3-5-7-11-15(19)20;1-2/h1-13,16H2,(H,17,18)(H,19,20);1-2H3. The van der Waals surface area contributed by atoms with Crippen LogP contribution in [0.5, 0.6) is 0 Å². The van der Waals surface area contributed by atoms with E-state index in [-0.39, 0.29) is 5.91 Å². The summed E-state index contributed by atoms with van der Waals surface area (Å²) in [6, 6.07) is 0. The molecule has 0 aliphatic rings. The topological polar surface area (TPSA) is 92.4 Å². The van der Waals surface area contributed by atoms with Gasteiger partial charge in [0.05, 0.1) is 0 Å². The molecular formula is C17H36N2O3. The monoisotopic (exact) mass is 316 g/mol. The maximum Gasteiger partial charge on any atom is 0.303 e. The summed E-state index contributed by atoms with van der Waals surface area (Å²) in [6.45, 7) is 5.34. The van der Waals surface area contributed by atoms with Gasteiger partial charge in [-0.15, -0.1) is 0 Å². The number of unbranched alkanes of at least 4 members (excludes halogenated alkanes) is 7. The summed E-state index contributed by atoms with van der Waals surface area (Å²) in [7, 11) is 0. The second kappa shape index (κ2) is 19.9. The minimum atomic E-state index is -0.696. The molecular weight excluding hydrogens is 280 g/mol. The van der Waals surface area contributed by atoms with Crippen molar-refractivity contribution in [1.82, 2.24) is 5.32 Å². The van der Waals surface area contributed by atoms with Gasteiger partial charge in [0.15, 0.2) is 0 Å². The van der Waals surface area contributed by atoms with E-state index in [2.05, 4.69) is 5.32 Å². The van der Waals surface area contributed by atoms with E-state index in [1.807, 2.05) is 13.8 Å². The Hall–Kier alpha value is -1.10. The predicted octanol–water partition coefficient (Wildman–Crippen LogP) is 3.46. The third-order valence-electron chi connectivity index (χ3n) is 3.25. The predicted molar refractivity (Wildman–Crippen MR) is 91.8 cm³/mol. The van der Waals surface area contributed by atoms with E-state index >= 15 is 0 Å². The molecule has 0 spiro atoms. The van der Waals surface area contributed by atoms with E-state index in [4.69, 9.17) is 10.8 Å². The van der Waals surface area contributed by atoms with Crippen molar-refractivity contribution in [2.45, 2.75) is 84.5 Å². The van der Waals surface area contributed by atoms with Crippen LogP contribution in [0.15, 0.2) is 0 Å². The third-order valence-corrected chi connectivity index (χ3v) is 3.25. The van der Waals surface area contributed by atoms with Gasteiger partial charge in [-0.25, -0.2) is 0 Å². The summed E-state index contributed by atoms with van der Waals surface area (Å²) in [5, 5.41) is 11.4. The first-order valence-electron chi connectivity index (χ1n) is 8.85. The minimum Gasteiger partial charge on any atom is -0.481 e. The normalized spacial score (nSPS) is 9.77. The molecule has 0 aromatic heterocycles. The lowest BCUT2D eigenvalue weighted by Gasteiger charge is -2.05. The number of carbonyl (C=O) groups is 2. The third kappa shape index (κ3) is 21.2. The van der Waals surface area contributed by atoms with Crippen molar-refractivity contribution in [3.8, 4) is 0 Å². The van der Waals surface area contributed by atoms with Gasteiger partial charge in [-0.1, -0.05) is 52.4 Å². The van der Waals surface area contributed by atoms with E-state index in [9.17, 15) is 9.59 Å². The lowest BCUT2D eigenvalue weighted by Crippen LogP contribution is -2.24. The fraction of sp³-hybridized carbons (Fsp3) is 0.882. The average Bonchev–Trinajstić information content (AvgIpc) is 2.52. The Kier molecular flexibility index (Phi) is 21.0. The molecule has 0 aromatic carbocycles. The van der Waals surface area contributed by atoms with E-state index in [1.54, 1.807) is 0 Å². The van der Waals surface area contributed by atoms with Gasteiger partial charge in [-0.2, -0.15) is 0 Å². The molecule has 22 heavy (non-hydrogen) atoms. The maximum absolute atomic E-state index is 11.3. The second-order valence-electron chi connectivity index (χ2n) is 5.21. The van der Waals surface area contributed by atoms with Gasteiger partial charge in [0.2, 0.25) is 5.91 Å². The lowest BCUT2D eigenvalue weighted by atomic mass is 10.1. The van der Waals surface area contributed by atoms with E-state index in [1.165, 1.54) is 19.3 Å². The molecule has 0 rings (SSSR count). The molecule has 5 heteroatoms. The Labute approximate surface area is 136 Å². The summed E-state index contributed by atoms with van der Waals surface area (Å²) in [5.74, 6) is -0.590. The van der Waals surface area contributed by atoms with Crippen molar-refractivity contribution in [1.29, 1.82) is 0 Å². The number of carboxylic acid groups (broad SMARTS) is 1. The molecule has 0 radical (unpaired) electrons. The van der Waals surface area contributed by atoms with Crippen molar-refractivity contribution in [2.75, 3.05) is 13.1 Å². The molecule has 0 aliphatic carbocycles. The number of nitrogens with two attached hydrogens (primary N) is 1. The quantitative estimate of drug-likeness (QED) is 0.428. The summed E-state index contributed by atoms with van der Waals surface area (Å²) in [5.41, 5.74) is 5.34. The fourth-order valence-electron chi connectivity index (χ4n) is 2.04. The van der Waals surface area contributed by atoms with Gasteiger partial charge >= 0.3 is 5.97 Å². The molecule has 0 bridgehead atoms. The zero-order valence-corrected chi connectivity index (χ0v) is 14.5. The first kappa shape index (κ1) is 23.2. The molecule has 1 amide bonds. The first-order valence-corrected chi connectivity index (χ1v) is 8.85. The van der Waals surface area contributed by atoms with Crippen molar-refractivity contribution in [3.05, 3.63) is 0 Å². The summed E-state index contributed by atoms with van der Waals surface area (Å²) in [4.78, 5) is 21.6. The van der Waals surface area contributed by atoms with Crippen LogP contribution >= 0.6 is 0 Å². The van der Waals surface area contributed by atoms with Crippen LogP contribution in [0.2, 0.25) is 0 Å². The van der Waals surface area contributed by atoms with Crippen LogP contribution in [-0.4, -0.2) is 30.1 Å². The molecule has 0 saturated carbocycles. The SMILES string of the molecule is CC.NCCCC(=O)NCCCCCCCCCCC(=O)O. The number of amides is 1. The summed E-state index contributed by atoms with van der Waals surface area (Å²) in [6.07, 6.45) is 10.3. The van der Waals surface area contributed by atoms with Crippen LogP contribution in [0.3, 0.4) is 0 Å². The summed E-state index contributed by atoms with van der Waals surface area (Å²) >= 11 is 0. The second-order valence-corrected chi connectivity index (χ2v) is 5.21. The van der Waals surface area contributed by atoms with E-state index in [0.717, 1.165) is 45.1 Å². The Morgan fingerprint density at radius 3 is 1.82 bits per heavy atom. The van der Waals surface area contributed by atoms with Crippen LogP contribution in [0, 0.1) is 0 Å². The van der Waals surface area contributed by atoms with Crippen molar-refractivity contribution < 1.29 is 14.7 Å². The van der Waals surface area contributed by atoms with E-state index < -0.39 is 5.97 Å². The minimum absolute atomic E-state index is 0.105. The number of rotatable bonds is 14. The Bertz CT molecular complexity index is 258. The van der Waals surface area contributed by atoms with Gasteiger partial charge in [0, 0.05) is 19.4 Å². The van der Waals surface area contributed by atoms with Crippen LogP contribution < -0.4 is 11.1 Å². The van der Waals surface area contributed by atoms with Crippen molar-refractivity contribution in [2.24, 2.45) is 5.73 Å². The molecule has 0 heterocycles. The fourth-order valence-corrected chi connectivity index (χ4v) is 2.04. The van der Waals surface area contributed by atoms with Crippen molar-refractivity contribution >= 4 is 11.9 Å². The number of aliphatic carboxylic acids is 1. The highest BCUT2D eigenvalue weighted by molar-refractivity contribution is 5.75. The highest BCUT2D eigenvalue weighted by Gasteiger charge is 1.99. The van der Waals surface area contributed by atoms with Crippen LogP contribution in [-0.2, 0) is 9.59 Å². The van der Waals surface area contributed by atoms with Gasteiger partial charge in [-0.3, -0.25) is 9.59 Å². The summed E-state index contributed by atoms with van der Waals surface area (Å²) < 4.78 is 0.